The Balaban J connectivity index is 2.12. The van der Waals surface area contributed by atoms with Gasteiger partial charge in [0.1, 0.15) is 17.7 Å². The van der Waals surface area contributed by atoms with Crippen LogP contribution >= 0.6 is 23.4 Å². The minimum absolute atomic E-state index is 0.245. The number of aliphatic imine (C=N–C) groups is 1. The van der Waals surface area contributed by atoms with E-state index in [1.807, 2.05) is 0 Å². The van der Waals surface area contributed by atoms with E-state index in [0.717, 1.165) is 17.8 Å². The van der Waals surface area contributed by atoms with E-state index < -0.39 is 23.2 Å². The number of urea groups is 1. The van der Waals surface area contributed by atoms with Crippen LogP contribution in [-0.2, 0) is 0 Å². The van der Waals surface area contributed by atoms with E-state index in [4.69, 9.17) is 16.9 Å². The van der Waals surface area contributed by atoms with Crippen molar-refractivity contribution in [1.82, 2.24) is 5.32 Å². The lowest BCUT2D eigenvalue weighted by atomic mass is 10.2. The molecule has 2 N–H and O–H groups in total. The van der Waals surface area contributed by atoms with Gasteiger partial charge >= 0.3 is 6.03 Å². The first-order valence-electron chi connectivity index (χ1n) is 6.78. The quantitative estimate of drug-likeness (QED) is 0.587. The van der Waals surface area contributed by atoms with Crippen LogP contribution in [0.1, 0.15) is 5.56 Å². The van der Waals surface area contributed by atoms with E-state index in [0.29, 0.717) is 16.8 Å². The number of amides is 2. The Bertz CT molecular complexity index is 866. The first-order chi connectivity index (χ1) is 11.9. The monoisotopic (exact) mass is 380 g/mol. The van der Waals surface area contributed by atoms with Gasteiger partial charge in [-0.2, -0.15) is 5.26 Å². The molecule has 0 spiro atoms. The summed E-state index contributed by atoms with van der Waals surface area (Å²) < 4.78 is 27.3. The molecule has 128 valence electrons. The van der Waals surface area contributed by atoms with Crippen molar-refractivity contribution in [3.8, 4) is 6.07 Å². The zero-order valence-electron chi connectivity index (χ0n) is 12.8. The summed E-state index contributed by atoms with van der Waals surface area (Å²) in [6.07, 6.45) is 1.69. The number of carbonyl (C=O) groups excluding carboxylic acids is 1. The molecule has 0 saturated heterocycles. The number of nitrogens with one attached hydrogen (secondary N) is 2. The topological polar surface area (TPSA) is 77.3 Å². The van der Waals surface area contributed by atoms with Gasteiger partial charge in [0.15, 0.2) is 5.17 Å². The zero-order valence-corrected chi connectivity index (χ0v) is 14.4. The summed E-state index contributed by atoms with van der Waals surface area (Å²) in [5.74, 6) is -1.85. The van der Waals surface area contributed by atoms with Gasteiger partial charge in [-0.25, -0.2) is 18.6 Å². The Kier molecular flexibility index (Phi) is 6.33. The number of carbonyl (C=O) groups is 1. The zero-order chi connectivity index (χ0) is 18.4. The lowest BCUT2D eigenvalue weighted by molar-refractivity contribution is 0.256. The van der Waals surface area contributed by atoms with Gasteiger partial charge in [0.2, 0.25) is 0 Å². The second-order valence-electron chi connectivity index (χ2n) is 4.60. The van der Waals surface area contributed by atoms with Gasteiger partial charge in [0.05, 0.1) is 16.9 Å². The molecule has 0 unspecified atom stereocenters. The Labute approximate surface area is 151 Å². The summed E-state index contributed by atoms with van der Waals surface area (Å²) >= 11 is 6.94. The third-order valence-electron chi connectivity index (χ3n) is 2.90. The molecule has 0 aromatic heterocycles. The second-order valence-corrected chi connectivity index (χ2v) is 5.83. The molecule has 0 atom stereocenters. The first-order valence-corrected chi connectivity index (χ1v) is 8.38. The molecule has 0 aliphatic rings. The Hall–Kier alpha value is -2.63. The van der Waals surface area contributed by atoms with Crippen molar-refractivity contribution in [2.24, 2.45) is 4.99 Å². The van der Waals surface area contributed by atoms with Crippen LogP contribution in [0.5, 0.6) is 0 Å². The van der Waals surface area contributed by atoms with E-state index >= 15 is 0 Å². The molecule has 0 aliphatic heterocycles. The molecule has 9 heteroatoms. The van der Waals surface area contributed by atoms with Crippen molar-refractivity contribution in [2.75, 3.05) is 11.6 Å². The van der Waals surface area contributed by atoms with E-state index in [9.17, 15) is 13.6 Å². The molecule has 0 radical (unpaired) electrons. The molecule has 5 nitrogen and oxygen atoms in total. The summed E-state index contributed by atoms with van der Waals surface area (Å²) in [6.45, 7) is 0. The smallest absolute Gasteiger partial charge is 0.305 e. The molecule has 0 aliphatic carbocycles. The number of thioether (sulfide) groups is 1. The van der Waals surface area contributed by atoms with Gasteiger partial charge in [0, 0.05) is 11.1 Å². The number of hydrogen-bond acceptors (Lipinski definition) is 4. The van der Waals surface area contributed by atoms with E-state index in [2.05, 4.69) is 15.6 Å². The fourth-order valence-corrected chi connectivity index (χ4v) is 2.25. The Morgan fingerprint density at radius 2 is 1.92 bits per heavy atom. The minimum Gasteiger partial charge on any atom is -0.305 e. The number of nitrogens with zero attached hydrogens (tertiary/aromatic N) is 2. The van der Waals surface area contributed by atoms with Crippen LogP contribution in [0.2, 0.25) is 5.02 Å². The number of amidine groups is 1. The molecule has 2 aromatic carbocycles. The number of hydrogen-bond donors (Lipinski definition) is 2. The van der Waals surface area contributed by atoms with Gasteiger partial charge in [-0.15, -0.1) is 0 Å². The molecule has 2 aromatic rings. The van der Waals surface area contributed by atoms with Crippen molar-refractivity contribution < 1.29 is 13.6 Å². The number of halogens is 3. The number of nitriles is 1. The number of anilines is 1. The van der Waals surface area contributed by atoms with Crippen LogP contribution in [0.4, 0.5) is 25.0 Å². The number of rotatable bonds is 2. The average molecular weight is 381 g/mol. The van der Waals surface area contributed by atoms with E-state index in [1.54, 1.807) is 30.5 Å². The molecule has 0 saturated carbocycles. The van der Waals surface area contributed by atoms with Crippen LogP contribution < -0.4 is 10.6 Å². The van der Waals surface area contributed by atoms with Crippen molar-refractivity contribution >= 4 is 45.9 Å². The van der Waals surface area contributed by atoms with Crippen LogP contribution in [0, 0.1) is 23.0 Å². The van der Waals surface area contributed by atoms with Gasteiger partial charge in [-0.1, -0.05) is 23.4 Å². The fourth-order valence-electron chi connectivity index (χ4n) is 1.74. The van der Waals surface area contributed by atoms with E-state index in [-0.39, 0.29) is 10.9 Å². The largest absolute Gasteiger partial charge is 0.325 e. The van der Waals surface area contributed by atoms with Gasteiger partial charge in [-0.3, -0.25) is 5.32 Å². The highest BCUT2D eigenvalue weighted by Gasteiger charge is 2.13. The normalized spacial score (nSPS) is 10.9. The van der Waals surface area contributed by atoms with Crippen LogP contribution in [0.25, 0.3) is 0 Å². The maximum Gasteiger partial charge on any atom is 0.325 e. The summed E-state index contributed by atoms with van der Waals surface area (Å²) in [5, 5.41) is 14.0. The highest BCUT2D eigenvalue weighted by atomic mass is 35.5. The predicted octanol–water partition coefficient (Wildman–Crippen LogP) is 4.66. The number of benzene rings is 2. The van der Waals surface area contributed by atoms with Crippen molar-refractivity contribution in [1.29, 1.82) is 5.26 Å². The van der Waals surface area contributed by atoms with Crippen LogP contribution in [-0.4, -0.2) is 17.5 Å². The maximum atomic E-state index is 13.8. The molecule has 0 bridgehead atoms. The minimum atomic E-state index is -0.931. The Morgan fingerprint density at radius 1 is 1.24 bits per heavy atom. The predicted molar refractivity (Wildman–Crippen MR) is 95.3 cm³/mol. The summed E-state index contributed by atoms with van der Waals surface area (Å²) in [6, 6.07) is 8.78. The lowest BCUT2D eigenvalue weighted by Gasteiger charge is -2.10. The Morgan fingerprint density at radius 3 is 2.52 bits per heavy atom. The SMILES string of the molecule is CSC(=Nc1ccc(Cl)cc1)NC(=O)Nc1cc(F)c(C#N)cc1F. The summed E-state index contributed by atoms with van der Waals surface area (Å²) in [4.78, 5) is 16.2. The highest BCUT2D eigenvalue weighted by Crippen LogP contribution is 2.20. The third kappa shape index (κ3) is 5.17. The molecule has 25 heavy (non-hydrogen) atoms. The molecule has 0 heterocycles. The first kappa shape index (κ1) is 18.7. The standard InChI is InChI=1S/C16H11ClF2N4OS/c1-25-16(21-11-4-2-10(17)3-5-11)23-15(24)22-14-7-12(18)9(8-20)6-13(14)19/h2-7H,1H3,(H2,21,22,23,24). The second kappa shape index (κ2) is 8.46. The molecular formula is C16H11ClF2N4OS. The molecular weight excluding hydrogens is 370 g/mol. The van der Waals surface area contributed by atoms with Crippen molar-refractivity contribution in [3.05, 3.63) is 58.6 Å². The van der Waals surface area contributed by atoms with Crippen molar-refractivity contribution in [3.63, 3.8) is 0 Å². The van der Waals surface area contributed by atoms with Gasteiger partial charge in [-0.05, 0) is 36.6 Å². The van der Waals surface area contributed by atoms with Crippen LogP contribution in [0.15, 0.2) is 41.4 Å². The fraction of sp³-hybridized carbons (Fsp3) is 0.0625. The molecule has 2 rings (SSSR count). The molecule has 0 fully saturated rings. The summed E-state index contributed by atoms with van der Waals surface area (Å²) in [5.41, 5.74) is -0.275. The van der Waals surface area contributed by atoms with E-state index in [1.165, 1.54) is 6.07 Å². The van der Waals surface area contributed by atoms with Gasteiger partial charge in [0.25, 0.3) is 0 Å². The average Bonchev–Trinajstić information content (AvgIpc) is 2.59. The lowest BCUT2D eigenvalue weighted by Crippen LogP contribution is -2.32. The molecule has 2 amide bonds. The highest BCUT2D eigenvalue weighted by molar-refractivity contribution is 8.13. The van der Waals surface area contributed by atoms with Crippen molar-refractivity contribution in [2.45, 2.75) is 0 Å². The maximum absolute atomic E-state index is 13.8. The summed E-state index contributed by atoms with van der Waals surface area (Å²) in [7, 11) is 0. The van der Waals surface area contributed by atoms with Gasteiger partial charge < -0.3 is 5.32 Å². The third-order valence-corrected chi connectivity index (χ3v) is 3.73. The van der Waals surface area contributed by atoms with Crippen LogP contribution in [0.3, 0.4) is 0 Å².